The summed E-state index contributed by atoms with van der Waals surface area (Å²) in [6.45, 7) is 0.0616. The molecular formula is C20H17F3N4O3S. The number of hydrogen-bond donors (Lipinski definition) is 2. The van der Waals surface area contributed by atoms with E-state index in [0.717, 1.165) is 12.1 Å². The number of benzene rings is 1. The van der Waals surface area contributed by atoms with Crippen molar-refractivity contribution < 1.29 is 26.9 Å². The summed E-state index contributed by atoms with van der Waals surface area (Å²) in [6.07, 6.45) is 0.0693. The van der Waals surface area contributed by atoms with Crippen LogP contribution in [-0.4, -0.2) is 26.3 Å². The predicted octanol–water partition coefficient (Wildman–Crippen LogP) is 3.50. The standard InChI is InChI=1S/C20H17F3N4O3S/c1-27-9-16-18(30-10-15(26-31(16)29)14-4-2-3-7-24-14)17(27)20(28)25-11-5-6-13(21)12(8-11)19(22)23/h2-9,15,19,26H,10H2,1H3,(H,25,28). The molecule has 0 saturated heterocycles. The fourth-order valence-corrected chi connectivity index (χ4v) is 4.36. The number of pyridine rings is 1. The minimum Gasteiger partial charge on any atom is -0.488 e. The summed E-state index contributed by atoms with van der Waals surface area (Å²) in [4.78, 5) is 17.4. The summed E-state index contributed by atoms with van der Waals surface area (Å²) in [5.41, 5.74) is -0.142. The number of nitrogens with zero attached hydrogens (tertiary/aromatic N) is 2. The van der Waals surface area contributed by atoms with Crippen molar-refractivity contribution in [2.75, 3.05) is 11.9 Å². The minimum atomic E-state index is -3.02. The van der Waals surface area contributed by atoms with E-state index in [2.05, 4.69) is 15.0 Å². The Morgan fingerprint density at radius 3 is 2.87 bits per heavy atom. The molecule has 1 amide bonds. The molecule has 0 bridgehead atoms. The molecule has 7 nitrogen and oxygen atoms in total. The number of ether oxygens (including phenoxy) is 1. The van der Waals surface area contributed by atoms with Gasteiger partial charge in [-0.3, -0.25) is 9.78 Å². The molecule has 1 aliphatic rings. The second-order valence-electron chi connectivity index (χ2n) is 6.78. The van der Waals surface area contributed by atoms with Crippen LogP contribution in [0.4, 0.5) is 18.9 Å². The quantitative estimate of drug-likeness (QED) is 0.637. The smallest absolute Gasteiger partial charge is 0.276 e. The summed E-state index contributed by atoms with van der Waals surface area (Å²) in [5.74, 6) is -1.63. The van der Waals surface area contributed by atoms with Crippen LogP contribution in [0.2, 0.25) is 0 Å². The van der Waals surface area contributed by atoms with E-state index in [-0.39, 0.29) is 28.6 Å². The molecule has 3 aromatic rings. The molecule has 31 heavy (non-hydrogen) atoms. The molecule has 0 spiro atoms. The molecule has 2 unspecified atom stereocenters. The van der Waals surface area contributed by atoms with Gasteiger partial charge in [0.1, 0.15) is 28.3 Å². The Bertz CT molecular complexity index is 1150. The van der Waals surface area contributed by atoms with Gasteiger partial charge < -0.3 is 14.6 Å². The molecule has 4 rings (SSSR count). The van der Waals surface area contributed by atoms with Crippen molar-refractivity contribution in [2.45, 2.75) is 17.4 Å². The van der Waals surface area contributed by atoms with Gasteiger partial charge in [0.15, 0.2) is 11.4 Å². The van der Waals surface area contributed by atoms with Gasteiger partial charge in [-0.1, -0.05) is 6.07 Å². The molecule has 2 aromatic heterocycles. The first-order valence-corrected chi connectivity index (χ1v) is 10.3. The lowest BCUT2D eigenvalue weighted by molar-refractivity contribution is 0.101. The average molecular weight is 450 g/mol. The van der Waals surface area contributed by atoms with Crippen molar-refractivity contribution in [3.8, 4) is 5.75 Å². The van der Waals surface area contributed by atoms with Crippen molar-refractivity contribution in [1.82, 2.24) is 14.3 Å². The molecule has 1 aromatic carbocycles. The van der Waals surface area contributed by atoms with Crippen molar-refractivity contribution >= 4 is 22.6 Å². The Labute approximate surface area is 177 Å². The number of carbonyl (C=O) groups excluding carboxylic acids is 1. The molecule has 0 saturated carbocycles. The van der Waals surface area contributed by atoms with Crippen molar-refractivity contribution in [1.29, 1.82) is 0 Å². The summed E-state index contributed by atoms with van der Waals surface area (Å²) in [5, 5.41) is 2.46. The second-order valence-corrected chi connectivity index (χ2v) is 7.99. The maximum Gasteiger partial charge on any atom is 0.276 e. The largest absolute Gasteiger partial charge is 0.488 e. The fraction of sp³-hybridized carbons (Fsp3) is 0.200. The van der Waals surface area contributed by atoms with Crippen molar-refractivity contribution in [2.24, 2.45) is 7.05 Å². The van der Waals surface area contributed by atoms with E-state index < -0.39 is 40.7 Å². The number of carbonyl (C=O) groups is 1. The van der Waals surface area contributed by atoms with E-state index in [1.807, 2.05) is 0 Å². The van der Waals surface area contributed by atoms with E-state index in [4.69, 9.17) is 4.74 Å². The highest BCUT2D eigenvalue weighted by atomic mass is 32.2. The van der Waals surface area contributed by atoms with Crippen LogP contribution in [0.5, 0.6) is 5.75 Å². The molecule has 11 heteroatoms. The summed E-state index contributed by atoms with van der Waals surface area (Å²) >= 11 is 0. The first-order chi connectivity index (χ1) is 14.8. The topological polar surface area (TPSA) is 85.2 Å². The number of anilines is 1. The normalized spacial score (nSPS) is 18.2. The molecule has 0 radical (unpaired) electrons. The summed E-state index contributed by atoms with van der Waals surface area (Å²) in [6, 6.07) is 7.74. The lowest BCUT2D eigenvalue weighted by Gasteiger charge is -2.15. The highest BCUT2D eigenvalue weighted by Crippen LogP contribution is 2.33. The third-order valence-electron chi connectivity index (χ3n) is 4.69. The van der Waals surface area contributed by atoms with E-state index in [1.165, 1.54) is 16.8 Å². The molecule has 2 atom stereocenters. The van der Waals surface area contributed by atoms with Crippen LogP contribution in [0.25, 0.3) is 0 Å². The number of halogens is 3. The van der Waals surface area contributed by atoms with Crippen LogP contribution in [0, 0.1) is 5.82 Å². The van der Waals surface area contributed by atoms with Crippen LogP contribution in [-0.2, 0) is 18.0 Å². The lowest BCUT2D eigenvalue weighted by Crippen LogP contribution is -2.27. The van der Waals surface area contributed by atoms with Gasteiger partial charge in [-0.15, -0.1) is 0 Å². The fourth-order valence-electron chi connectivity index (χ4n) is 3.21. The number of nitrogens with one attached hydrogen (secondary N) is 2. The van der Waals surface area contributed by atoms with Gasteiger partial charge in [0.2, 0.25) is 0 Å². The van der Waals surface area contributed by atoms with Gasteiger partial charge in [-0.05, 0) is 30.3 Å². The summed E-state index contributed by atoms with van der Waals surface area (Å²) < 4.78 is 62.4. The van der Waals surface area contributed by atoms with Gasteiger partial charge in [0.05, 0.1) is 17.3 Å². The number of amides is 1. The number of rotatable bonds is 4. The third kappa shape index (κ3) is 4.19. The number of hydrogen-bond acceptors (Lipinski definition) is 4. The van der Waals surface area contributed by atoms with E-state index in [1.54, 1.807) is 31.4 Å². The lowest BCUT2D eigenvalue weighted by atomic mass is 10.2. The molecular weight excluding hydrogens is 433 g/mol. The molecule has 0 aliphatic carbocycles. The van der Waals surface area contributed by atoms with Crippen LogP contribution in [0.1, 0.15) is 34.2 Å². The van der Waals surface area contributed by atoms with Crippen molar-refractivity contribution in [3.63, 3.8) is 0 Å². The number of aromatic nitrogens is 2. The minimum absolute atomic E-state index is 0.00381. The number of fused-ring (bicyclic) bond motifs is 1. The zero-order valence-electron chi connectivity index (χ0n) is 16.1. The number of aryl methyl sites for hydroxylation is 1. The van der Waals surface area contributed by atoms with E-state index in [9.17, 15) is 22.2 Å². The average Bonchev–Trinajstić information content (AvgIpc) is 3.00. The zero-order valence-corrected chi connectivity index (χ0v) is 17.0. The molecule has 1 aliphatic heterocycles. The highest BCUT2D eigenvalue weighted by molar-refractivity contribution is 7.83. The molecule has 2 N–H and O–H groups in total. The Morgan fingerprint density at radius 1 is 1.35 bits per heavy atom. The first kappa shape index (κ1) is 21.1. The third-order valence-corrected chi connectivity index (χ3v) is 5.88. The van der Waals surface area contributed by atoms with Gasteiger partial charge in [0, 0.05) is 25.1 Å². The maximum absolute atomic E-state index is 13.5. The predicted molar refractivity (Wildman–Crippen MR) is 107 cm³/mol. The highest BCUT2D eigenvalue weighted by Gasteiger charge is 2.31. The van der Waals surface area contributed by atoms with Gasteiger partial charge in [-0.2, -0.15) is 0 Å². The van der Waals surface area contributed by atoms with Crippen LogP contribution >= 0.6 is 0 Å². The van der Waals surface area contributed by atoms with Crippen LogP contribution in [0.3, 0.4) is 0 Å². The van der Waals surface area contributed by atoms with Crippen LogP contribution in [0.15, 0.2) is 53.7 Å². The van der Waals surface area contributed by atoms with Gasteiger partial charge in [-0.25, -0.2) is 22.1 Å². The van der Waals surface area contributed by atoms with E-state index >= 15 is 0 Å². The molecule has 162 valence electrons. The summed E-state index contributed by atoms with van der Waals surface area (Å²) in [7, 11) is -0.128. The van der Waals surface area contributed by atoms with Crippen molar-refractivity contribution in [3.05, 3.63) is 71.6 Å². The Morgan fingerprint density at radius 2 is 2.16 bits per heavy atom. The SMILES string of the molecule is Cn1cc2c(c1C(=O)Nc1ccc(F)c(C(F)F)c1)OCC(c1ccccn1)NS2=O. The Hall–Kier alpha value is -3.18. The number of alkyl halides is 2. The second kappa shape index (κ2) is 8.52. The Balaban J connectivity index is 1.61. The molecule has 3 heterocycles. The van der Waals surface area contributed by atoms with Gasteiger partial charge in [0.25, 0.3) is 12.3 Å². The maximum atomic E-state index is 13.5. The van der Waals surface area contributed by atoms with Crippen LogP contribution < -0.4 is 14.8 Å². The monoisotopic (exact) mass is 450 g/mol. The van der Waals surface area contributed by atoms with E-state index in [0.29, 0.717) is 5.69 Å². The zero-order chi connectivity index (χ0) is 22.1. The Kier molecular flexibility index (Phi) is 5.79. The molecule has 0 fully saturated rings. The van der Waals surface area contributed by atoms with Gasteiger partial charge >= 0.3 is 0 Å². The first-order valence-electron chi connectivity index (χ1n) is 9.15.